The SMILES string of the molecule is COC(=O)c1cccc([C@@]23CCC4(OCCO4)[C@@H](C)[C@H]2CCc2cncnc23)c1. The highest BCUT2D eigenvalue weighted by Gasteiger charge is 2.60. The molecule has 29 heavy (non-hydrogen) atoms. The summed E-state index contributed by atoms with van der Waals surface area (Å²) in [6, 6.07) is 7.86. The second-order valence-electron chi connectivity index (χ2n) is 8.38. The van der Waals surface area contributed by atoms with Crippen LogP contribution < -0.4 is 0 Å². The van der Waals surface area contributed by atoms with Gasteiger partial charge in [0.25, 0.3) is 0 Å². The fourth-order valence-electron chi connectivity index (χ4n) is 5.98. The van der Waals surface area contributed by atoms with Crippen LogP contribution in [0.25, 0.3) is 0 Å². The molecule has 1 aromatic heterocycles. The Hall–Kier alpha value is -2.31. The molecule has 0 amide bonds. The second-order valence-corrected chi connectivity index (χ2v) is 8.38. The third kappa shape index (κ3) is 2.66. The summed E-state index contributed by atoms with van der Waals surface area (Å²) in [6.45, 7) is 3.56. The van der Waals surface area contributed by atoms with Crippen LogP contribution in [0, 0.1) is 11.8 Å². The minimum absolute atomic E-state index is 0.212. The summed E-state index contributed by atoms with van der Waals surface area (Å²) in [7, 11) is 1.42. The molecule has 1 aliphatic heterocycles. The van der Waals surface area contributed by atoms with E-state index in [1.54, 1.807) is 6.33 Å². The lowest BCUT2D eigenvalue weighted by Gasteiger charge is -2.55. The Morgan fingerprint density at radius 3 is 2.86 bits per heavy atom. The van der Waals surface area contributed by atoms with Gasteiger partial charge in [0, 0.05) is 24.0 Å². The monoisotopic (exact) mass is 394 g/mol. The maximum absolute atomic E-state index is 12.2. The summed E-state index contributed by atoms with van der Waals surface area (Å²) in [5.74, 6) is -0.312. The largest absolute Gasteiger partial charge is 0.465 e. The number of hydrogen-bond donors (Lipinski definition) is 0. The standard InChI is InChI=1S/C23H26N2O4/c1-15-19-7-6-17-13-24-14-25-20(17)22(19,8-9-23(15)28-10-11-29-23)18-5-3-4-16(12-18)21(26)27-2/h3-5,12-15,19H,6-11H2,1-2H3/t15-,19+,22-/m0/s1. The molecular formula is C23H26N2O4. The summed E-state index contributed by atoms with van der Waals surface area (Å²) in [4.78, 5) is 21.3. The number of methoxy groups -OCH3 is 1. The van der Waals surface area contributed by atoms with Crippen molar-refractivity contribution in [3.8, 4) is 0 Å². The quantitative estimate of drug-likeness (QED) is 0.728. The van der Waals surface area contributed by atoms with Crippen LogP contribution in [-0.2, 0) is 26.0 Å². The molecule has 6 heteroatoms. The minimum atomic E-state index is -0.501. The van der Waals surface area contributed by atoms with Gasteiger partial charge < -0.3 is 14.2 Å². The number of aryl methyl sites for hydroxylation is 1. The zero-order chi connectivity index (χ0) is 20.1. The average molecular weight is 394 g/mol. The third-order valence-corrected chi connectivity index (χ3v) is 7.31. The number of ether oxygens (including phenoxy) is 3. The number of rotatable bonds is 2. The van der Waals surface area contributed by atoms with E-state index in [4.69, 9.17) is 19.2 Å². The number of hydrogen-bond acceptors (Lipinski definition) is 6. The highest BCUT2D eigenvalue weighted by atomic mass is 16.7. The maximum atomic E-state index is 12.2. The van der Waals surface area contributed by atoms with Crippen molar-refractivity contribution in [3.05, 3.63) is 59.2 Å². The normalized spacial score (nSPS) is 29.9. The fourth-order valence-corrected chi connectivity index (χ4v) is 5.98. The van der Waals surface area contributed by atoms with Crippen molar-refractivity contribution in [2.75, 3.05) is 20.3 Å². The van der Waals surface area contributed by atoms with Crippen LogP contribution in [0.2, 0.25) is 0 Å². The van der Waals surface area contributed by atoms with E-state index in [2.05, 4.69) is 18.0 Å². The number of benzene rings is 1. The van der Waals surface area contributed by atoms with Gasteiger partial charge in [-0.1, -0.05) is 19.1 Å². The molecule has 0 bridgehead atoms. The van der Waals surface area contributed by atoms with Gasteiger partial charge in [0.2, 0.25) is 0 Å². The van der Waals surface area contributed by atoms with Gasteiger partial charge in [-0.2, -0.15) is 0 Å². The summed E-state index contributed by atoms with van der Waals surface area (Å²) in [6.07, 6.45) is 7.21. The van der Waals surface area contributed by atoms with Gasteiger partial charge >= 0.3 is 5.97 Å². The molecule has 1 saturated carbocycles. The molecule has 6 nitrogen and oxygen atoms in total. The van der Waals surface area contributed by atoms with E-state index in [0.29, 0.717) is 24.7 Å². The van der Waals surface area contributed by atoms with Crippen LogP contribution in [0.4, 0.5) is 0 Å². The molecule has 2 fully saturated rings. The van der Waals surface area contributed by atoms with Crippen molar-refractivity contribution in [2.24, 2.45) is 11.8 Å². The minimum Gasteiger partial charge on any atom is -0.465 e. The summed E-state index contributed by atoms with van der Waals surface area (Å²) >= 11 is 0. The van der Waals surface area contributed by atoms with Crippen molar-refractivity contribution in [2.45, 2.75) is 43.8 Å². The van der Waals surface area contributed by atoms with E-state index in [0.717, 1.165) is 36.9 Å². The Morgan fingerprint density at radius 2 is 2.07 bits per heavy atom. The van der Waals surface area contributed by atoms with Crippen LogP contribution in [0.5, 0.6) is 0 Å². The first-order valence-corrected chi connectivity index (χ1v) is 10.4. The molecule has 2 aromatic rings. The van der Waals surface area contributed by atoms with E-state index in [1.165, 1.54) is 12.7 Å². The van der Waals surface area contributed by atoms with Gasteiger partial charge in [0.15, 0.2) is 5.79 Å². The summed E-state index contributed by atoms with van der Waals surface area (Å²) in [5, 5.41) is 0. The first kappa shape index (κ1) is 18.7. The molecule has 3 atom stereocenters. The van der Waals surface area contributed by atoms with Crippen LogP contribution >= 0.6 is 0 Å². The van der Waals surface area contributed by atoms with Gasteiger partial charge in [-0.05, 0) is 48.4 Å². The average Bonchev–Trinajstić information content (AvgIpc) is 3.25. The number of esters is 1. The molecule has 5 rings (SSSR count). The molecule has 2 aliphatic carbocycles. The van der Waals surface area contributed by atoms with Crippen molar-refractivity contribution in [1.82, 2.24) is 9.97 Å². The van der Waals surface area contributed by atoms with Gasteiger partial charge in [0.05, 0.1) is 31.6 Å². The fraction of sp³-hybridized carbons (Fsp3) is 0.522. The highest BCUT2D eigenvalue weighted by Crippen LogP contribution is 2.59. The van der Waals surface area contributed by atoms with Crippen LogP contribution in [0.3, 0.4) is 0 Å². The molecule has 3 aliphatic rings. The molecule has 0 unspecified atom stereocenters. The molecule has 2 heterocycles. The van der Waals surface area contributed by atoms with E-state index >= 15 is 0 Å². The van der Waals surface area contributed by atoms with Crippen LogP contribution in [0.1, 0.15) is 53.4 Å². The highest BCUT2D eigenvalue weighted by molar-refractivity contribution is 5.89. The third-order valence-electron chi connectivity index (χ3n) is 7.31. The van der Waals surface area contributed by atoms with Crippen molar-refractivity contribution in [3.63, 3.8) is 0 Å². The molecule has 1 spiro atoms. The Balaban J connectivity index is 1.69. The van der Waals surface area contributed by atoms with E-state index < -0.39 is 5.79 Å². The zero-order valence-corrected chi connectivity index (χ0v) is 16.9. The van der Waals surface area contributed by atoms with E-state index in [1.807, 2.05) is 24.4 Å². The predicted molar refractivity (Wildman–Crippen MR) is 105 cm³/mol. The van der Waals surface area contributed by atoms with Crippen molar-refractivity contribution in [1.29, 1.82) is 0 Å². The summed E-state index contributed by atoms with van der Waals surface area (Å²) in [5.41, 5.74) is 3.68. The van der Waals surface area contributed by atoms with Crippen molar-refractivity contribution >= 4 is 5.97 Å². The molecule has 0 radical (unpaired) electrons. The maximum Gasteiger partial charge on any atom is 0.337 e. The van der Waals surface area contributed by atoms with Crippen LogP contribution in [-0.4, -0.2) is 42.0 Å². The first-order chi connectivity index (χ1) is 14.1. The predicted octanol–water partition coefficient (Wildman–Crippen LogP) is 3.28. The number of nitrogens with zero attached hydrogens (tertiary/aromatic N) is 2. The molecule has 152 valence electrons. The lowest BCUT2D eigenvalue weighted by atomic mass is 9.51. The molecule has 1 saturated heterocycles. The smallest absolute Gasteiger partial charge is 0.337 e. The topological polar surface area (TPSA) is 70.5 Å². The molecular weight excluding hydrogens is 368 g/mol. The lowest BCUT2D eigenvalue weighted by Crippen LogP contribution is -2.57. The van der Waals surface area contributed by atoms with Crippen molar-refractivity contribution < 1.29 is 19.0 Å². The Kier molecular flexibility index (Phi) is 4.44. The zero-order valence-electron chi connectivity index (χ0n) is 16.9. The Morgan fingerprint density at radius 1 is 1.24 bits per heavy atom. The van der Waals surface area contributed by atoms with Crippen LogP contribution in [0.15, 0.2) is 36.8 Å². The summed E-state index contributed by atoms with van der Waals surface area (Å²) < 4.78 is 17.3. The molecule has 0 N–H and O–H groups in total. The van der Waals surface area contributed by atoms with E-state index in [9.17, 15) is 4.79 Å². The van der Waals surface area contributed by atoms with E-state index in [-0.39, 0.29) is 17.3 Å². The van der Waals surface area contributed by atoms with Gasteiger partial charge in [-0.15, -0.1) is 0 Å². The Bertz CT molecular complexity index is 940. The number of aromatic nitrogens is 2. The van der Waals surface area contributed by atoms with Gasteiger partial charge in [0.1, 0.15) is 6.33 Å². The van der Waals surface area contributed by atoms with Gasteiger partial charge in [-0.3, -0.25) is 0 Å². The first-order valence-electron chi connectivity index (χ1n) is 10.4. The number of carbonyl (C=O) groups is 1. The molecule has 1 aromatic carbocycles. The Labute approximate surface area is 170 Å². The number of fused-ring (bicyclic) bond motifs is 3. The second kappa shape index (κ2) is 6.89. The lowest BCUT2D eigenvalue weighted by molar-refractivity contribution is -0.232. The van der Waals surface area contributed by atoms with Gasteiger partial charge in [-0.25, -0.2) is 14.8 Å². The number of carbonyl (C=O) groups excluding carboxylic acids is 1.